The largest absolute Gasteiger partial charge is 0.454 e. The van der Waals surface area contributed by atoms with Crippen LogP contribution in [-0.4, -0.2) is 47.5 Å². The molecule has 0 aliphatic carbocycles. The highest BCUT2D eigenvalue weighted by molar-refractivity contribution is 7.13. The van der Waals surface area contributed by atoms with Gasteiger partial charge in [0.25, 0.3) is 5.91 Å². The van der Waals surface area contributed by atoms with E-state index in [0.717, 1.165) is 42.4 Å². The predicted molar refractivity (Wildman–Crippen MR) is 110 cm³/mol. The zero-order chi connectivity index (χ0) is 19.6. The molecule has 0 saturated carbocycles. The summed E-state index contributed by atoms with van der Waals surface area (Å²) in [4.78, 5) is 19.3. The number of hydrogen-bond donors (Lipinski definition) is 2. The Morgan fingerprint density at radius 1 is 1.31 bits per heavy atom. The van der Waals surface area contributed by atoms with Crippen molar-refractivity contribution in [2.75, 3.05) is 31.3 Å². The molecule has 1 atom stereocenters. The van der Waals surface area contributed by atoms with E-state index in [2.05, 4.69) is 25.4 Å². The third-order valence-electron chi connectivity index (χ3n) is 5.25. The number of nitrogens with zero attached hydrogens (tertiary/aromatic N) is 3. The lowest BCUT2D eigenvalue weighted by molar-refractivity contribution is 0.0940. The number of carbonyl (C=O) groups is 1. The van der Waals surface area contributed by atoms with Crippen LogP contribution < -0.4 is 19.7 Å². The fraction of sp³-hybridized carbons (Fsp3) is 0.350. The van der Waals surface area contributed by atoms with Gasteiger partial charge in [0.15, 0.2) is 16.6 Å². The number of carbonyl (C=O) groups excluding carboxylic acids is 1. The van der Waals surface area contributed by atoms with Crippen molar-refractivity contribution in [3.05, 3.63) is 41.5 Å². The molecule has 3 aromatic rings. The van der Waals surface area contributed by atoms with Gasteiger partial charge in [0, 0.05) is 36.8 Å². The Hall–Kier alpha value is -3.07. The lowest BCUT2D eigenvalue weighted by Crippen LogP contribution is -2.41. The summed E-state index contributed by atoms with van der Waals surface area (Å²) in [5.41, 5.74) is 2.02. The van der Waals surface area contributed by atoms with E-state index in [1.807, 2.05) is 29.8 Å². The summed E-state index contributed by atoms with van der Waals surface area (Å²) in [5.74, 6) is 1.68. The molecule has 150 valence electrons. The van der Waals surface area contributed by atoms with Crippen molar-refractivity contribution >= 4 is 22.4 Å². The molecule has 1 aromatic carbocycles. The van der Waals surface area contributed by atoms with E-state index in [0.29, 0.717) is 29.6 Å². The summed E-state index contributed by atoms with van der Waals surface area (Å²) in [6, 6.07) is 7.38. The van der Waals surface area contributed by atoms with Gasteiger partial charge in [-0.05, 0) is 43.0 Å². The Balaban J connectivity index is 1.20. The number of thiazole rings is 1. The van der Waals surface area contributed by atoms with E-state index in [1.165, 1.54) is 0 Å². The number of nitrogens with one attached hydrogen (secondary N) is 2. The van der Waals surface area contributed by atoms with E-state index < -0.39 is 0 Å². The predicted octanol–water partition coefficient (Wildman–Crippen LogP) is 2.91. The van der Waals surface area contributed by atoms with Gasteiger partial charge < -0.3 is 19.7 Å². The maximum Gasteiger partial charge on any atom is 0.269 e. The fourth-order valence-corrected chi connectivity index (χ4v) is 4.43. The molecule has 1 unspecified atom stereocenters. The molecule has 9 heteroatoms. The summed E-state index contributed by atoms with van der Waals surface area (Å²) in [6.45, 7) is 2.81. The van der Waals surface area contributed by atoms with Crippen molar-refractivity contribution < 1.29 is 14.3 Å². The Kier molecular flexibility index (Phi) is 4.81. The summed E-state index contributed by atoms with van der Waals surface area (Å²) in [5, 5.41) is 13.2. The number of benzene rings is 1. The van der Waals surface area contributed by atoms with Crippen LogP contribution in [0.25, 0.3) is 11.3 Å². The fourth-order valence-electron chi connectivity index (χ4n) is 3.75. The second kappa shape index (κ2) is 7.75. The molecule has 8 nitrogen and oxygen atoms in total. The molecular formula is C20H21N5O3S. The quantitative estimate of drug-likeness (QED) is 0.671. The van der Waals surface area contributed by atoms with Crippen LogP contribution in [0.5, 0.6) is 11.5 Å². The van der Waals surface area contributed by atoms with Crippen LogP contribution in [-0.2, 0) is 0 Å². The van der Waals surface area contributed by atoms with Crippen LogP contribution in [0.4, 0.5) is 5.13 Å². The third-order valence-corrected chi connectivity index (χ3v) is 6.08. The van der Waals surface area contributed by atoms with Crippen molar-refractivity contribution in [2.24, 2.45) is 5.92 Å². The minimum absolute atomic E-state index is 0.143. The van der Waals surface area contributed by atoms with Gasteiger partial charge >= 0.3 is 0 Å². The van der Waals surface area contributed by atoms with Crippen LogP contribution >= 0.6 is 11.3 Å². The zero-order valence-corrected chi connectivity index (χ0v) is 16.6. The molecule has 1 amide bonds. The number of amides is 1. The Morgan fingerprint density at radius 3 is 3.14 bits per heavy atom. The van der Waals surface area contributed by atoms with Crippen molar-refractivity contribution in [3.8, 4) is 22.8 Å². The minimum atomic E-state index is -0.143. The summed E-state index contributed by atoms with van der Waals surface area (Å²) in [7, 11) is 0. The highest BCUT2D eigenvalue weighted by Crippen LogP contribution is 2.35. The van der Waals surface area contributed by atoms with Gasteiger partial charge in [0.05, 0.1) is 5.69 Å². The van der Waals surface area contributed by atoms with Crippen molar-refractivity contribution in [2.45, 2.75) is 12.8 Å². The van der Waals surface area contributed by atoms with E-state index in [4.69, 9.17) is 9.47 Å². The second-order valence-electron chi connectivity index (χ2n) is 7.21. The zero-order valence-electron chi connectivity index (χ0n) is 15.8. The van der Waals surface area contributed by atoms with Crippen molar-refractivity contribution in [1.82, 2.24) is 20.5 Å². The number of aromatic amines is 1. The molecule has 1 fully saturated rings. The van der Waals surface area contributed by atoms with Crippen LogP contribution in [0.2, 0.25) is 0 Å². The molecular weight excluding hydrogens is 390 g/mol. The first-order valence-corrected chi connectivity index (χ1v) is 10.5. The average molecular weight is 411 g/mol. The molecule has 2 aliphatic rings. The van der Waals surface area contributed by atoms with Crippen LogP contribution in [0.15, 0.2) is 35.8 Å². The van der Waals surface area contributed by atoms with Gasteiger partial charge in [-0.15, -0.1) is 11.3 Å². The highest BCUT2D eigenvalue weighted by atomic mass is 32.1. The topological polar surface area (TPSA) is 92.4 Å². The second-order valence-corrected chi connectivity index (χ2v) is 8.09. The minimum Gasteiger partial charge on any atom is -0.454 e. The van der Waals surface area contributed by atoms with Gasteiger partial charge in [0.2, 0.25) is 6.79 Å². The number of fused-ring (bicyclic) bond motifs is 1. The highest BCUT2D eigenvalue weighted by Gasteiger charge is 2.23. The van der Waals surface area contributed by atoms with Crippen LogP contribution in [0.1, 0.15) is 23.3 Å². The number of hydrogen-bond acceptors (Lipinski definition) is 7. The number of anilines is 1. The van der Waals surface area contributed by atoms with Crippen LogP contribution in [0, 0.1) is 5.92 Å². The Labute approximate surface area is 171 Å². The molecule has 5 rings (SSSR count). The first-order chi connectivity index (χ1) is 14.3. The lowest BCUT2D eigenvalue weighted by atomic mass is 9.98. The number of aromatic nitrogens is 3. The Bertz CT molecular complexity index is 1000. The summed E-state index contributed by atoms with van der Waals surface area (Å²) >= 11 is 1.66. The van der Waals surface area contributed by atoms with E-state index in [-0.39, 0.29) is 12.7 Å². The maximum absolute atomic E-state index is 12.6. The number of piperidine rings is 1. The Morgan fingerprint density at radius 2 is 2.24 bits per heavy atom. The van der Waals surface area contributed by atoms with Gasteiger partial charge in [-0.1, -0.05) is 0 Å². The van der Waals surface area contributed by atoms with E-state index >= 15 is 0 Å². The molecule has 0 bridgehead atoms. The van der Waals surface area contributed by atoms with Crippen molar-refractivity contribution in [1.29, 1.82) is 0 Å². The molecule has 4 heterocycles. The summed E-state index contributed by atoms with van der Waals surface area (Å²) < 4.78 is 10.7. The van der Waals surface area contributed by atoms with Gasteiger partial charge in [-0.25, -0.2) is 4.98 Å². The lowest BCUT2D eigenvalue weighted by Gasteiger charge is -2.32. The van der Waals surface area contributed by atoms with E-state index in [9.17, 15) is 4.79 Å². The first-order valence-electron chi connectivity index (χ1n) is 9.64. The molecule has 0 spiro atoms. The normalized spacial score (nSPS) is 18.1. The summed E-state index contributed by atoms with van der Waals surface area (Å²) in [6.07, 6.45) is 4.05. The third kappa shape index (κ3) is 3.77. The number of rotatable bonds is 5. The average Bonchev–Trinajstić information content (AvgIpc) is 3.52. The SMILES string of the molecule is O=C(NCC1CCCN(c2nccs2)C1)c1cc(-c2ccc3c(c2)OCO3)n[nH]1. The molecule has 1 saturated heterocycles. The van der Waals surface area contributed by atoms with E-state index in [1.54, 1.807) is 17.4 Å². The number of H-pyrrole nitrogens is 1. The molecule has 2 N–H and O–H groups in total. The van der Waals surface area contributed by atoms with Gasteiger partial charge in [-0.3, -0.25) is 9.89 Å². The van der Waals surface area contributed by atoms with Crippen LogP contribution in [0.3, 0.4) is 0 Å². The smallest absolute Gasteiger partial charge is 0.269 e. The number of ether oxygens (including phenoxy) is 2. The first kappa shape index (κ1) is 18.0. The molecule has 2 aliphatic heterocycles. The monoisotopic (exact) mass is 411 g/mol. The standard InChI is InChI=1S/C20H21N5O3S/c26-19(22-10-13-2-1-6-25(11-13)20-21-5-7-29-20)16-9-15(23-24-16)14-3-4-17-18(8-14)28-12-27-17/h3-5,7-9,13H,1-2,6,10-12H2,(H,22,26)(H,23,24). The molecule has 0 radical (unpaired) electrons. The van der Waals surface area contributed by atoms with Crippen molar-refractivity contribution in [3.63, 3.8) is 0 Å². The van der Waals surface area contributed by atoms with Gasteiger partial charge in [0.1, 0.15) is 5.69 Å². The molecule has 29 heavy (non-hydrogen) atoms. The van der Waals surface area contributed by atoms with Gasteiger partial charge in [-0.2, -0.15) is 5.10 Å². The molecule has 2 aromatic heterocycles. The maximum atomic E-state index is 12.6.